The van der Waals surface area contributed by atoms with Crippen molar-refractivity contribution in [1.82, 2.24) is 10.4 Å². The van der Waals surface area contributed by atoms with E-state index in [9.17, 15) is 0 Å². The Bertz CT molecular complexity index is 620. The summed E-state index contributed by atoms with van der Waals surface area (Å²) < 4.78 is 5.77. The maximum atomic E-state index is 6.34. The topological polar surface area (TPSA) is 33.7 Å². The van der Waals surface area contributed by atoms with Crippen LogP contribution in [0.4, 0.5) is 0 Å². The fourth-order valence-electron chi connectivity index (χ4n) is 4.20. The first kappa shape index (κ1) is 18.0. The van der Waals surface area contributed by atoms with Crippen LogP contribution in [0.25, 0.3) is 0 Å². The van der Waals surface area contributed by atoms with Crippen LogP contribution in [0.1, 0.15) is 56.2 Å². The molecule has 4 rings (SSSR count). The van der Waals surface area contributed by atoms with Crippen molar-refractivity contribution >= 4 is 0 Å². The molecule has 1 aliphatic carbocycles. The molecule has 1 saturated carbocycles. The van der Waals surface area contributed by atoms with E-state index in [4.69, 9.17) is 9.57 Å². The van der Waals surface area contributed by atoms with Crippen LogP contribution in [0, 0.1) is 11.8 Å². The fourth-order valence-corrected chi connectivity index (χ4v) is 4.20. The van der Waals surface area contributed by atoms with Gasteiger partial charge in [-0.15, -0.1) is 5.06 Å². The lowest BCUT2D eigenvalue weighted by molar-refractivity contribution is -0.147. The van der Waals surface area contributed by atoms with Gasteiger partial charge >= 0.3 is 0 Å². The number of rotatable bonds is 8. The zero-order valence-electron chi connectivity index (χ0n) is 16.0. The van der Waals surface area contributed by atoms with Crippen molar-refractivity contribution in [3.05, 3.63) is 47.2 Å². The molecule has 1 aromatic rings. The number of nitrogens with one attached hydrogen (secondary N) is 1. The molecule has 3 aliphatic rings. The summed E-state index contributed by atoms with van der Waals surface area (Å²) in [5.74, 6) is 2.53. The third-order valence-corrected chi connectivity index (χ3v) is 5.73. The number of piperidine rings is 1. The zero-order valence-corrected chi connectivity index (χ0v) is 16.0. The predicted molar refractivity (Wildman–Crippen MR) is 103 cm³/mol. The minimum atomic E-state index is 0.329. The van der Waals surface area contributed by atoms with Crippen molar-refractivity contribution in [3.8, 4) is 0 Å². The van der Waals surface area contributed by atoms with Crippen LogP contribution in [0.15, 0.2) is 36.1 Å². The number of nitrogens with zero attached hydrogens (tertiary/aromatic N) is 1. The van der Waals surface area contributed by atoms with E-state index in [-0.39, 0.29) is 0 Å². The van der Waals surface area contributed by atoms with Crippen LogP contribution in [0.3, 0.4) is 0 Å². The normalized spacial score (nSPS) is 22.9. The van der Waals surface area contributed by atoms with E-state index in [2.05, 4.69) is 47.6 Å². The van der Waals surface area contributed by atoms with Crippen LogP contribution in [-0.2, 0) is 16.2 Å². The van der Waals surface area contributed by atoms with Crippen LogP contribution < -0.4 is 5.32 Å². The van der Waals surface area contributed by atoms with Crippen molar-refractivity contribution in [3.63, 3.8) is 0 Å². The van der Waals surface area contributed by atoms with Gasteiger partial charge in [-0.3, -0.25) is 0 Å². The number of hydrogen-bond donors (Lipinski definition) is 1. The van der Waals surface area contributed by atoms with Gasteiger partial charge in [0, 0.05) is 12.5 Å². The van der Waals surface area contributed by atoms with Crippen LogP contribution >= 0.6 is 0 Å². The summed E-state index contributed by atoms with van der Waals surface area (Å²) in [6.07, 6.45) is 8.37. The highest BCUT2D eigenvalue weighted by Crippen LogP contribution is 2.43. The molecule has 1 unspecified atom stereocenters. The number of ether oxygens (including phenoxy) is 1. The van der Waals surface area contributed by atoms with Crippen molar-refractivity contribution < 1.29 is 9.57 Å². The molecule has 142 valence electrons. The molecule has 1 N–H and O–H groups in total. The first-order valence-electron chi connectivity index (χ1n) is 10.4. The van der Waals surface area contributed by atoms with Crippen LogP contribution in [0.2, 0.25) is 0 Å². The van der Waals surface area contributed by atoms with E-state index in [0.29, 0.717) is 24.5 Å². The molecule has 4 heteroatoms. The van der Waals surface area contributed by atoms with Gasteiger partial charge in [-0.1, -0.05) is 31.2 Å². The Morgan fingerprint density at radius 3 is 2.85 bits per heavy atom. The van der Waals surface area contributed by atoms with Crippen molar-refractivity contribution in [1.29, 1.82) is 0 Å². The zero-order chi connectivity index (χ0) is 17.8. The number of hydroxylamine groups is 2. The summed E-state index contributed by atoms with van der Waals surface area (Å²) in [5.41, 5.74) is 2.64. The van der Waals surface area contributed by atoms with E-state index in [0.717, 1.165) is 32.7 Å². The van der Waals surface area contributed by atoms with Gasteiger partial charge in [0.25, 0.3) is 0 Å². The quantitative estimate of drug-likeness (QED) is 0.708. The Balaban J connectivity index is 1.51. The number of benzene rings is 1. The van der Waals surface area contributed by atoms with E-state index < -0.39 is 0 Å². The van der Waals surface area contributed by atoms with Gasteiger partial charge in [0.1, 0.15) is 5.76 Å². The molecule has 2 heterocycles. The summed E-state index contributed by atoms with van der Waals surface area (Å²) >= 11 is 0. The molecular weight excluding hydrogens is 324 g/mol. The first-order valence-corrected chi connectivity index (χ1v) is 10.4. The lowest BCUT2D eigenvalue weighted by Gasteiger charge is -2.36. The number of allylic oxidation sites excluding steroid dienone is 1. The number of hydrogen-bond acceptors (Lipinski definition) is 4. The maximum Gasteiger partial charge on any atom is 0.125 e. The fraction of sp³-hybridized carbons (Fsp3) is 0.636. The van der Waals surface area contributed by atoms with Gasteiger partial charge in [-0.25, -0.2) is 0 Å². The molecule has 1 saturated heterocycles. The largest absolute Gasteiger partial charge is 0.410 e. The molecule has 1 aromatic carbocycles. The molecule has 0 amide bonds. The lowest BCUT2D eigenvalue weighted by Crippen LogP contribution is -2.37. The summed E-state index contributed by atoms with van der Waals surface area (Å²) in [6.45, 7) is 6.81. The molecule has 0 aromatic heterocycles. The summed E-state index contributed by atoms with van der Waals surface area (Å²) in [4.78, 5) is 6.34. The van der Waals surface area contributed by atoms with Crippen LogP contribution in [-0.4, -0.2) is 31.3 Å². The highest BCUT2D eigenvalue weighted by Gasteiger charge is 2.38. The van der Waals surface area contributed by atoms with Crippen molar-refractivity contribution in [2.24, 2.45) is 11.8 Å². The van der Waals surface area contributed by atoms with E-state index in [1.54, 1.807) is 0 Å². The Morgan fingerprint density at radius 1 is 1.23 bits per heavy atom. The van der Waals surface area contributed by atoms with Gasteiger partial charge in [0.15, 0.2) is 0 Å². The molecule has 1 atom stereocenters. The average Bonchev–Trinajstić information content (AvgIpc) is 3.42. The van der Waals surface area contributed by atoms with Crippen LogP contribution in [0.5, 0.6) is 0 Å². The lowest BCUT2D eigenvalue weighted by atomic mass is 9.85. The third kappa shape index (κ3) is 4.30. The summed E-state index contributed by atoms with van der Waals surface area (Å²) in [7, 11) is 0. The highest BCUT2D eigenvalue weighted by molar-refractivity contribution is 5.27. The molecule has 0 spiro atoms. The second-order valence-corrected chi connectivity index (χ2v) is 7.90. The van der Waals surface area contributed by atoms with Gasteiger partial charge in [0.05, 0.1) is 19.2 Å². The minimum Gasteiger partial charge on any atom is -0.410 e. The van der Waals surface area contributed by atoms with Crippen molar-refractivity contribution in [2.45, 2.75) is 51.7 Å². The summed E-state index contributed by atoms with van der Waals surface area (Å²) in [6, 6.07) is 9.29. The Kier molecular flexibility index (Phi) is 5.93. The van der Waals surface area contributed by atoms with Gasteiger partial charge in [-0.2, -0.15) is 0 Å². The van der Waals surface area contributed by atoms with Gasteiger partial charge < -0.3 is 14.9 Å². The maximum absolute atomic E-state index is 6.34. The van der Waals surface area contributed by atoms with Crippen molar-refractivity contribution in [2.75, 3.05) is 26.2 Å². The molecule has 0 bridgehead atoms. The monoisotopic (exact) mass is 356 g/mol. The summed E-state index contributed by atoms with van der Waals surface area (Å²) in [5, 5.41) is 5.75. The Hall–Kier alpha value is -1.36. The molecule has 0 radical (unpaired) electrons. The standard InChI is InChI=1S/C22H32N2O2/c1-2-14-25-16-17-4-3-5-20(15-17)22(19-8-11-23-12-9-19)24-13-10-21(26-24)18-6-7-18/h3-5,10,15,18-19,22-23H,2,6-9,11-14,16H2,1H3. The molecule has 2 fully saturated rings. The highest BCUT2D eigenvalue weighted by atomic mass is 16.7. The average molecular weight is 357 g/mol. The second-order valence-electron chi connectivity index (χ2n) is 7.90. The first-order chi connectivity index (χ1) is 12.8. The van der Waals surface area contributed by atoms with E-state index >= 15 is 0 Å². The smallest absolute Gasteiger partial charge is 0.125 e. The molecule has 2 aliphatic heterocycles. The Labute approximate surface area is 157 Å². The Morgan fingerprint density at radius 2 is 2.08 bits per heavy atom. The molecular formula is C22H32N2O2. The second kappa shape index (κ2) is 8.55. The molecule has 4 nitrogen and oxygen atoms in total. The minimum absolute atomic E-state index is 0.329. The van der Waals surface area contributed by atoms with E-state index in [1.165, 1.54) is 42.6 Å². The van der Waals surface area contributed by atoms with Gasteiger partial charge in [-0.05, 0) is 68.3 Å². The SMILES string of the molecule is CCCOCc1cccc(C(C2CCNCC2)N2CC=C(C3CC3)O2)c1. The van der Waals surface area contributed by atoms with E-state index in [1.807, 2.05) is 0 Å². The molecule has 26 heavy (non-hydrogen) atoms. The predicted octanol–water partition coefficient (Wildman–Crippen LogP) is 4.20. The van der Waals surface area contributed by atoms with Gasteiger partial charge in [0.2, 0.25) is 0 Å². The third-order valence-electron chi connectivity index (χ3n) is 5.73.